The van der Waals surface area contributed by atoms with Crippen LogP contribution in [0.3, 0.4) is 0 Å². The summed E-state index contributed by atoms with van der Waals surface area (Å²) in [6.07, 6.45) is 11.0. The van der Waals surface area contributed by atoms with Crippen molar-refractivity contribution in [3.05, 3.63) is 60.8 Å². The minimum Gasteiger partial charge on any atom is -0.322 e. The number of rotatable bonds is 4. The van der Waals surface area contributed by atoms with Gasteiger partial charge in [0, 0.05) is 30.8 Å². The molecule has 7 heteroatoms. The van der Waals surface area contributed by atoms with Gasteiger partial charge < -0.3 is 9.13 Å². The van der Waals surface area contributed by atoms with Crippen molar-refractivity contribution < 1.29 is 4.39 Å². The maximum absolute atomic E-state index is 14.1. The minimum atomic E-state index is -0.380. The quantitative estimate of drug-likeness (QED) is 0.575. The number of nitrogens with zero attached hydrogens (tertiary/aromatic N) is 6. The number of hydrogen-bond acceptors (Lipinski definition) is 4. The van der Waals surface area contributed by atoms with Crippen LogP contribution in [-0.4, -0.2) is 29.1 Å². The van der Waals surface area contributed by atoms with Gasteiger partial charge >= 0.3 is 0 Å². The Hall–Kier alpha value is -3.09. The first kappa shape index (κ1) is 14.3. The van der Waals surface area contributed by atoms with Gasteiger partial charge in [-0.2, -0.15) is 0 Å². The first-order chi connectivity index (χ1) is 12.3. The molecule has 0 atom stereocenters. The molecule has 0 N–H and O–H groups in total. The van der Waals surface area contributed by atoms with Crippen molar-refractivity contribution in [3.8, 4) is 11.5 Å². The average Bonchev–Trinajstić information content (AvgIpc) is 3.24. The number of halogens is 1. The van der Waals surface area contributed by atoms with Gasteiger partial charge in [0.2, 0.25) is 0 Å². The van der Waals surface area contributed by atoms with Gasteiger partial charge in [-0.3, -0.25) is 4.98 Å². The predicted molar refractivity (Wildman–Crippen MR) is 90.3 cm³/mol. The van der Waals surface area contributed by atoms with E-state index in [9.17, 15) is 4.39 Å². The molecule has 25 heavy (non-hydrogen) atoms. The molecular formula is C18H15FN6. The van der Waals surface area contributed by atoms with E-state index in [4.69, 9.17) is 4.98 Å². The van der Waals surface area contributed by atoms with E-state index in [2.05, 4.69) is 19.5 Å². The second-order valence-electron chi connectivity index (χ2n) is 6.21. The Morgan fingerprint density at radius 1 is 1.12 bits per heavy atom. The summed E-state index contributed by atoms with van der Waals surface area (Å²) in [5, 5.41) is 0. The Bertz CT molecular complexity index is 1060. The van der Waals surface area contributed by atoms with Crippen molar-refractivity contribution in [2.75, 3.05) is 0 Å². The van der Waals surface area contributed by atoms with Crippen molar-refractivity contribution in [2.24, 2.45) is 0 Å². The summed E-state index contributed by atoms with van der Waals surface area (Å²) in [7, 11) is 0. The van der Waals surface area contributed by atoms with E-state index in [1.807, 2.05) is 23.0 Å². The van der Waals surface area contributed by atoms with Gasteiger partial charge in [-0.1, -0.05) is 0 Å². The molecule has 0 aliphatic heterocycles. The molecule has 0 unspecified atom stereocenters. The molecule has 6 nitrogen and oxygen atoms in total. The summed E-state index contributed by atoms with van der Waals surface area (Å²) in [6, 6.07) is 5.37. The van der Waals surface area contributed by atoms with Crippen molar-refractivity contribution in [2.45, 2.75) is 25.4 Å². The van der Waals surface area contributed by atoms with E-state index in [1.54, 1.807) is 24.7 Å². The standard InChI is InChI=1S/C18H15FN6/c19-13-2-1-6-21-17(13)18-22-8-9-24(18)11-16-23-14-5-7-20-10-15(14)25(16)12-3-4-12/h1-2,5-10,12H,3-4,11H2. The smallest absolute Gasteiger partial charge is 0.162 e. The molecule has 0 aromatic carbocycles. The van der Waals surface area contributed by atoms with Crippen molar-refractivity contribution in [1.29, 1.82) is 0 Å². The molecule has 0 radical (unpaired) electrons. The Balaban J connectivity index is 1.60. The molecule has 5 rings (SSSR count). The molecular weight excluding hydrogens is 319 g/mol. The second kappa shape index (κ2) is 5.47. The second-order valence-corrected chi connectivity index (χ2v) is 6.21. The maximum atomic E-state index is 14.1. The SMILES string of the molecule is Fc1cccnc1-c1nccn1Cc1nc2ccncc2n1C1CC1. The number of aromatic nitrogens is 6. The van der Waals surface area contributed by atoms with Gasteiger partial charge in [-0.25, -0.2) is 19.3 Å². The van der Waals surface area contributed by atoms with E-state index in [1.165, 1.54) is 6.07 Å². The molecule has 4 aromatic rings. The molecule has 1 fully saturated rings. The number of hydrogen-bond donors (Lipinski definition) is 0. The normalized spacial score (nSPS) is 14.3. The van der Waals surface area contributed by atoms with Crippen LogP contribution in [0.25, 0.3) is 22.6 Å². The fraction of sp³-hybridized carbons (Fsp3) is 0.222. The van der Waals surface area contributed by atoms with E-state index >= 15 is 0 Å². The zero-order chi connectivity index (χ0) is 16.8. The lowest BCUT2D eigenvalue weighted by atomic mass is 10.3. The number of pyridine rings is 2. The van der Waals surface area contributed by atoms with Crippen LogP contribution in [0.1, 0.15) is 24.7 Å². The summed E-state index contributed by atoms with van der Waals surface area (Å²) < 4.78 is 18.3. The topological polar surface area (TPSA) is 61.4 Å². The van der Waals surface area contributed by atoms with Crippen LogP contribution in [0, 0.1) is 5.82 Å². The third-order valence-electron chi connectivity index (χ3n) is 4.47. The Morgan fingerprint density at radius 3 is 2.88 bits per heavy atom. The van der Waals surface area contributed by atoms with Gasteiger partial charge in [-0.15, -0.1) is 0 Å². The zero-order valence-electron chi connectivity index (χ0n) is 13.4. The third-order valence-corrected chi connectivity index (χ3v) is 4.47. The van der Waals surface area contributed by atoms with Crippen LogP contribution in [0.2, 0.25) is 0 Å². The maximum Gasteiger partial charge on any atom is 0.162 e. The Labute approximate surface area is 143 Å². The van der Waals surface area contributed by atoms with E-state index in [-0.39, 0.29) is 11.5 Å². The summed E-state index contributed by atoms with van der Waals surface area (Å²) >= 11 is 0. The lowest BCUT2D eigenvalue weighted by Gasteiger charge is -2.10. The van der Waals surface area contributed by atoms with Crippen LogP contribution in [0.4, 0.5) is 4.39 Å². The highest BCUT2D eigenvalue weighted by molar-refractivity contribution is 5.75. The molecule has 1 saturated carbocycles. The highest BCUT2D eigenvalue weighted by Crippen LogP contribution is 2.38. The molecule has 0 bridgehead atoms. The third kappa shape index (κ3) is 2.39. The van der Waals surface area contributed by atoms with Gasteiger partial charge in [0.05, 0.1) is 23.8 Å². The van der Waals surface area contributed by atoms with Crippen LogP contribution < -0.4 is 0 Å². The van der Waals surface area contributed by atoms with Gasteiger partial charge in [0.1, 0.15) is 11.5 Å². The minimum absolute atomic E-state index is 0.253. The molecule has 4 aromatic heterocycles. The van der Waals surface area contributed by atoms with Crippen LogP contribution in [0.5, 0.6) is 0 Å². The van der Waals surface area contributed by atoms with Crippen molar-refractivity contribution >= 4 is 11.0 Å². The van der Waals surface area contributed by atoms with E-state index in [0.717, 1.165) is 29.7 Å². The zero-order valence-corrected chi connectivity index (χ0v) is 13.4. The predicted octanol–water partition coefficient (Wildman–Crippen LogP) is 3.21. The van der Waals surface area contributed by atoms with E-state index in [0.29, 0.717) is 18.4 Å². The molecule has 1 aliphatic rings. The molecule has 0 spiro atoms. The van der Waals surface area contributed by atoms with Gasteiger partial charge in [0.15, 0.2) is 11.6 Å². The molecule has 124 valence electrons. The number of fused-ring (bicyclic) bond motifs is 1. The molecule has 0 amide bonds. The fourth-order valence-corrected chi connectivity index (χ4v) is 3.20. The molecule has 0 saturated heterocycles. The van der Waals surface area contributed by atoms with E-state index < -0.39 is 0 Å². The largest absolute Gasteiger partial charge is 0.322 e. The summed E-state index contributed by atoms with van der Waals surface area (Å²) in [6.45, 7) is 0.510. The Morgan fingerprint density at radius 2 is 2.04 bits per heavy atom. The summed E-state index contributed by atoms with van der Waals surface area (Å²) in [5.41, 5.74) is 2.23. The lowest BCUT2D eigenvalue weighted by molar-refractivity contribution is 0.617. The highest BCUT2D eigenvalue weighted by atomic mass is 19.1. The van der Waals surface area contributed by atoms with Crippen LogP contribution in [-0.2, 0) is 6.54 Å². The van der Waals surface area contributed by atoms with Crippen molar-refractivity contribution in [3.63, 3.8) is 0 Å². The highest BCUT2D eigenvalue weighted by Gasteiger charge is 2.28. The lowest BCUT2D eigenvalue weighted by Crippen LogP contribution is -2.09. The molecule has 4 heterocycles. The average molecular weight is 334 g/mol. The Kier molecular flexibility index (Phi) is 3.12. The van der Waals surface area contributed by atoms with Crippen molar-refractivity contribution in [1.82, 2.24) is 29.1 Å². The first-order valence-corrected chi connectivity index (χ1v) is 8.24. The fourth-order valence-electron chi connectivity index (χ4n) is 3.20. The van der Waals surface area contributed by atoms with Gasteiger partial charge in [-0.05, 0) is 31.0 Å². The number of imidazole rings is 2. The first-order valence-electron chi connectivity index (χ1n) is 8.24. The monoisotopic (exact) mass is 334 g/mol. The summed E-state index contributed by atoms with van der Waals surface area (Å²) in [5.74, 6) is 1.06. The summed E-state index contributed by atoms with van der Waals surface area (Å²) in [4.78, 5) is 17.4. The van der Waals surface area contributed by atoms with Gasteiger partial charge in [0.25, 0.3) is 0 Å². The van der Waals surface area contributed by atoms with Crippen LogP contribution >= 0.6 is 0 Å². The van der Waals surface area contributed by atoms with Crippen LogP contribution in [0.15, 0.2) is 49.2 Å². The molecule has 1 aliphatic carbocycles.